The van der Waals surface area contributed by atoms with Crippen molar-refractivity contribution in [3.05, 3.63) is 54.6 Å². The van der Waals surface area contributed by atoms with Crippen LogP contribution >= 0.6 is 0 Å². The molecule has 0 aliphatic carbocycles. The van der Waals surface area contributed by atoms with Crippen LogP contribution < -0.4 is 10.2 Å². The maximum Gasteiger partial charge on any atom is 0.243 e. The van der Waals surface area contributed by atoms with Crippen LogP contribution in [0.3, 0.4) is 0 Å². The van der Waals surface area contributed by atoms with Crippen LogP contribution in [0.1, 0.15) is 6.42 Å². The van der Waals surface area contributed by atoms with Crippen molar-refractivity contribution < 1.29 is 9.00 Å². The van der Waals surface area contributed by atoms with Crippen molar-refractivity contribution in [2.75, 3.05) is 29.1 Å². The van der Waals surface area contributed by atoms with E-state index in [-0.39, 0.29) is 12.5 Å². The third-order valence-electron chi connectivity index (χ3n) is 3.60. The number of anilines is 2. The Morgan fingerprint density at radius 1 is 1.09 bits per heavy atom. The molecule has 0 spiro atoms. The zero-order valence-corrected chi connectivity index (χ0v) is 13.0. The first-order chi connectivity index (χ1) is 10.7. The predicted molar refractivity (Wildman–Crippen MR) is 89.6 cm³/mol. The van der Waals surface area contributed by atoms with Crippen molar-refractivity contribution >= 4 is 28.1 Å². The quantitative estimate of drug-likeness (QED) is 0.947. The van der Waals surface area contributed by atoms with Crippen LogP contribution in [0.2, 0.25) is 0 Å². The lowest BCUT2D eigenvalue weighted by Crippen LogP contribution is -2.34. The Labute approximate surface area is 132 Å². The van der Waals surface area contributed by atoms with Crippen LogP contribution in [-0.4, -0.2) is 29.0 Å². The lowest BCUT2D eigenvalue weighted by Gasteiger charge is -2.23. The van der Waals surface area contributed by atoms with Crippen molar-refractivity contribution in [1.29, 1.82) is 0 Å². The highest BCUT2D eigenvalue weighted by Gasteiger charge is 2.21. The van der Waals surface area contributed by atoms with Gasteiger partial charge in [0.2, 0.25) is 5.91 Å². The molecular formula is C17H18N2O2S. The van der Waals surface area contributed by atoms with Crippen molar-refractivity contribution in [2.45, 2.75) is 11.3 Å². The average Bonchev–Trinajstić information content (AvgIpc) is 2.69. The van der Waals surface area contributed by atoms with Gasteiger partial charge in [0.1, 0.15) is 0 Å². The fourth-order valence-electron chi connectivity index (χ4n) is 2.59. The number of nitrogens with one attached hydrogen (secondary N) is 1. The van der Waals surface area contributed by atoms with Gasteiger partial charge in [0.05, 0.1) is 27.9 Å². The van der Waals surface area contributed by atoms with Crippen LogP contribution in [0.25, 0.3) is 0 Å². The number of para-hydroxylation sites is 2. The van der Waals surface area contributed by atoms with Gasteiger partial charge in [-0.3, -0.25) is 9.00 Å². The Morgan fingerprint density at radius 3 is 2.64 bits per heavy atom. The van der Waals surface area contributed by atoms with Gasteiger partial charge < -0.3 is 10.2 Å². The largest absolute Gasteiger partial charge is 0.361 e. The molecule has 4 nitrogen and oxygen atoms in total. The van der Waals surface area contributed by atoms with E-state index in [2.05, 4.69) is 5.32 Å². The van der Waals surface area contributed by atoms with Gasteiger partial charge in [0, 0.05) is 18.0 Å². The van der Waals surface area contributed by atoms with E-state index in [1.165, 1.54) is 0 Å². The fourth-order valence-corrected chi connectivity index (χ4v) is 3.86. The summed E-state index contributed by atoms with van der Waals surface area (Å²) in [6.07, 6.45) is 0.819. The summed E-state index contributed by atoms with van der Waals surface area (Å²) < 4.78 is 12.2. The lowest BCUT2D eigenvalue weighted by atomic mass is 10.2. The number of amides is 1. The van der Waals surface area contributed by atoms with Gasteiger partial charge in [-0.05, 0) is 30.7 Å². The topological polar surface area (TPSA) is 49.4 Å². The first-order valence-corrected chi connectivity index (χ1v) is 8.63. The van der Waals surface area contributed by atoms with E-state index in [4.69, 9.17) is 0 Å². The van der Waals surface area contributed by atoms with Crippen LogP contribution in [0.4, 0.5) is 11.4 Å². The van der Waals surface area contributed by atoms with Gasteiger partial charge in [0.25, 0.3) is 0 Å². The van der Waals surface area contributed by atoms with Crippen LogP contribution in [0.5, 0.6) is 0 Å². The molecule has 0 radical (unpaired) electrons. The molecule has 2 aromatic carbocycles. The second kappa shape index (κ2) is 6.75. The number of carbonyl (C=O) groups excluding carboxylic acids is 1. The lowest BCUT2D eigenvalue weighted by molar-refractivity contribution is -0.115. The van der Waals surface area contributed by atoms with Gasteiger partial charge in [-0.25, -0.2) is 0 Å². The Morgan fingerprint density at radius 2 is 1.82 bits per heavy atom. The van der Waals surface area contributed by atoms with Gasteiger partial charge in [-0.1, -0.05) is 30.3 Å². The molecule has 1 atom stereocenters. The first-order valence-electron chi connectivity index (χ1n) is 7.31. The number of nitrogens with zero attached hydrogens (tertiary/aromatic N) is 1. The zero-order valence-electron chi connectivity index (χ0n) is 12.2. The highest BCUT2D eigenvalue weighted by atomic mass is 32.2. The SMILES string of the molecule is O=C(CN1CCC[S@](=O)c2ccccc21)Nc1ccccc1. The van der Waals surface area contributed by atoms with E-state index in [0.29, 0.717) is 5.75 Å². The molecule has 0 unspecified atom stereocenters. The molecule has 0 saturated carbocycles. The molecule has 1 aliphatic rings. The standard InChI is InChI=1S/C17H18N2O2S/c20-17(18-14-7-2-1-3-8-14)13-19-11-6-12-22(21)16-10-5-4-9-15(16)19/h1-5,7-10H,6,11-13H2,(H,18,20)/t22-/m0/s1. The summed E-state index contributed by atoms with van der Waals surface area (Å²) in [4.78, 5) is 15.1. The summed E-state index contributed by atoms with van der Waals surface area (Å²) in [5.41, 5.74) is 1.70. The minimum atomic E-state index is -0.979. The Bertz CT molecular complexity index is 688. The van der Waals surface area contributed by atoms with E-state index in [1.54, 1.807) is 0 Å². The highest BCUT2D eigenvalue weighted by Crippen LogP contribution is 2.27. The summed E-state index contributed by atoms with van der Waals surface area (Å²) in [7, 11) is -0.979. The second-order valence-electron chi connectivity index (χ2n) is 5.21. The van der Waals surface area contributed by atoms with Crippen LogP contribution in [0.15, 0.2) is 59.5 Å². The summed E-state index contributed by atoms with van der Waals surface area (Å²) in [6, 6.07) is 17.1. The third kappa shape index (κ3) is 3.36. The van der Waals surface area contributed by atoms with E-state index in [0.717, 1.165) is 29.2 Å². The molecule has 2 aromatic rings. The number of hydrogen-bond acceptors (Lipinski definition) is 3. The van der Waals surface area contributed by atoms with E-state index in [1.807, 2.05) is 59.5 Å². The molecule has 0 fully saturated rings. The smallest absolute Gasteiger partial charge is 0.243 e. The van der Waals surface area contributed by atoms with Gasteiger partial charge in [0.15, 0.2) is 0 Å². The summed E-state index contributed by atoms with van der Waals surface area (Å²) in [5, 5.41) is 2.90. The highest BCUT2D eigenvalue weighted by molar-refractivity contribution is 7.85. The summed E-state index contributed by atoms with van der Waals surface area (Å²) in [6.45, 7) is 1.01. The molecule has 1 aliphatic heterocycles. The predicted octanol–water partition coefficient (Wildman–Crippen LogP) is 2.64. The number of rotatable bonds is 3. The molecule has 0 saturated heterocycles. The second-order valence-corrected chi connectivity index (χ2v) is 6.75. The minimum absolute atomic E-state index is 0.0614. The van der Waals surface area contributed by atoms with Crippen LogP contribution in [0, 0.1) is 0 Å². The number of benzene rings is 2. The summed E-state index contributed by atoms with van der Waals surface area (Å²) >= 11 is 0. The molecule has 114 valence electrons. The average molecular weight is 314 g/mol. The molecule has 5 heteroatoms. The molecule has 22 heavy (non-hydrogen) atoms. The van der Waals surface area contributed by atoms with Gasteiger partial charge in [-0.15, -0.1) is 0 Å². The van der Waals surface area contributed by atoms with Crippen LogP contribution in [-0.2, 0) is 15.6 Å². The van der Waals surface area contributed by atoms with E-state index >= 15 is 0 Å². The molecular weight excluding hydrogens is 296 g/mol. The molecule has 3 rings (SSSR count). The van der Waals surface area contributed by atoms with Crippen molar-refractivity contribution in [3.63, 3.8) is 0 Å². The molecule has 1 N–H and O–H groups in total. The van der Waals surface area contributed by atoms with Crippen molar-refractivity contribution in [3.8, 4) is 0 Å². The Kier molecular flexibility index (Phi) is 4.53. The first kappa shape index (κ1) is 14.8. The Hall–Kier alpha value is -2.14. The number of carbonyl (C=O) groups is 1. The van der Waals surface area contributed by atoms with Gasteiger partial charge >= 0.3 is 0 Å². The van der Waals surface area contributed by atoms with E-state index < -0.39 is 10.8 Å². The van der Waals surface area contributed by atoms with Crippen molar-refractivity contribution in [2.24, 2.45) is 0 Å². The normalized spacial score (nSPS) is 17.5. The Balaban J connectivity index is 1.76. The monoisotopic (exact) mass is 314 g/mol. The maximum atomic E-state index is 12.3. The van der Waals surface area contributed by atoms with E-state index in [9.17, 15) is 9.00 Å². The van der Waals surface area contributed by atoms with Gasteiger partial charge in [-0.2, -0.15) is 0 Å². The summed E-state index contributed by atoms with van der Waals surface area (Å²) in [5.74, 6) is 0.585. The number of hydrogen-bond donors (Lipinski definition) is 1. The molecule has 1 heterocycles. The maximum absolute atomic E-state index is 12.3. The zero-order chi connectivity index (χ0) is 15.4. The van der Waals surface area contributed by atoms with Crippen molar-refractivity contribution in [1.82, 2.24) is 0 Å². The molecule has 0 aromatic heterocycles. The minimum Gasteiger partial charge on any atom is -0.361 e. The number of fused-ring (bicyclic) bond motifs is 1. The fraction of sp³-hybridized carbons (Fsp3) is 0.235. The molecule has 1 amide bonds. The molecule has 0 bridgehead atoms. The third-order valence-corrected chi connectivity index (χ3v) is 5.10.